The second kappa shape index (κ2) is 8.69. The molecule has 0 radical (unpaired) electrons. The highest BCUT2D eigenvalue weighted by Gasteiger charge is 2.19. The number of hydrogen-bond acceptors (Lipinski definition) is 5. The molecule has 158 valence electrons. The van der Waals surface area contributed by atoms with E-state index in [0.717, 1.165) is 49.0 Å². The van der Waals surface area contributed by atoms with E-state index in [0.29, 0.717) is 10.9 Å². The van der Waals surface area contributed by atoms with Gasteiger partial charge in [-0.2, -0.15) is 0 Å². The number of carbonyl (C=O) groups is 1. The predicted octanol–water partition coefficient (Wildman–Crippen LogP) is 6.99. The molecule has 4 aromatic rings. The number of methoxy groups -OCH3 is 1. The number of thiazole rings is 1. The zero-order valence-corrected chi connectivity index (χ0v) is 20.0. The number of nitrogens with zero attached hydrogens (tertiary/aromatic N) is 1. The number of amides is 1. The molecule has 0 atom stereocenters. The van der Waals surface area contributed by atoms with Gasteiger partial charge in [-0.15, -0.1) is 11.3 Å². The predicted molar refractivity (Wildman–Crippen MR) is 130 cm³/mol. The van der Waals surface area contributed by atoms with E-state index >= 15 is 0 Å². The van der Waals surface area contributed by atoms with Gasteiger partial charge in [0, 0.05) is 38.0 Å². The highest BCUT2D eigenvalue weighted by molar-refractivity contribution is 9.10. The Labute approximate surface area is 192 Å². The normalized spacial score (nSPS) is 11.7. The van der Waals surface area contributed by atoms with Crippen LogP contribution in [-0.2, 0) is 4.79 Å². The van der Waals surface area contributed by atoms with E-state index in [9.17, 15) is 4.79 Å². The van der Waals surface area contributed by atoms with Crippen molar-refractivity contribution in [1.82, 2.24) is 4.98 Å². The Balaban J connectivity index is 1.77. The summed E-state index contributed by atoms with van der Waals surface area (Å²) in [5.74, 6) is 0.461. The van der Waals surface area contributed by atoms with Crippen molar-refractivity contribution in [3.8, 4) is 16.9 Å². The molecule has 0 bridgehead atoms. The second-order valence-electron chi connectivity index (χ2n) is 7.23. The number of nitrogens with one attached hydrogen (secondary N) is 1. The first kappa shape index (κ1) is 21.3. The molecule has 5 nitrogen and oxygen atoms in total. The molecule has 0 aliphatic rings. The lowest BCUT2D eigenvalue weighted by molar-refractivity contribution is -0.111. The maximum atomic E-state index is 12.5. The van der Waals surface area contributed by atoms with Crippen molar-refractivity contribution in [2.75, 3.05) is 12.4 Å². The number of carbonyl (C=O) groups excluding carboxylic acids is 1. The van der Waals surface area contributed by atoms with E-state index in [-0.39, 0.29) is 5.91 Å². The lowest BCUT2D eigenvalue weighted by Crippen LogP contribution is -2.08. The number of aromatic nitrogens is 1. The monoisotopic (exact) mass is 496 g/mol. The zero-order chi connectivity index (χ0) is 22.1. The average Bonchev–Trinajstić information content (AvgIpc) is 3.34. The minimum absolute atomic E-state index is 0.230. The lowest BCUT2D eigenvalue weighted by atomic mass is 9.96. The smallest absolute Gasteiger partial charge is 0.250 e. The van der Waals surface area contributed by atoms with Crippen LogP contribution in [0.2, 0.25) is 0 Å². The van der Waals surface area contributed by atoms with Crippen molar-refractivity contribution in [3.63, 3.8) is 0 Å². The van der Waals surface area contributed by atoms with Crippen molar-refractivity contribution in [2.24, 2.45) is 0 Å². The Kier molecular flexibility index (Phi) is 5.98. The number of halogens is 1. The first-order chi connectivity index (χ1) is 14.9. The number of ether oxygens (including phenoxy) is 1. The van der Waals surface area contributed by atoms with Crippen LogP contribution in [0.4, 0.5) is 5.13 Å². The van der Waals surface area contributed by atoms with E-state index in [1.807, 2.05) is 56.5 Å². The Hall–Kier alpha value is -2.90. The van der Waals surface area contributed by atoms with Crippen molar-refractivity contribution in [2.45, 2.75) is 20.8 Å². The standard InChI is InChI=1S/C24H21BrN2O3S/c1-13(9-21(28)27-24-26-14(2)12-31-24)18-10-19-20(16-5-7-17(25)8-6-16)11-30-23(19)15(3)22(18)29-4/h5-12H,1-4H3,(H,26,27,28)/b13-9+. The van der Waals surface area contributed by atoms with E-state index in [4.69, 9.17) is 9.15 Å². The summed E-state index contributed by atoms with van der Waals surface area (Å²) >= 11 is 4.88. The SMILES string of the molecule is COc1c(/C(C)=C/C(=O)Nc2nc(C)cs2)cc2c(-c3ccc(Br)cc3)coc2c1C. The molecular weight excluding hydrogens is 476 g/mol. The molecule has 0 spiro atoms. The summed E-state index contributed by atoms with van der Waals surface area (Å²) < 4.78 is 12.6. The third kappa shape index (κ3) is 4.29. The van der Waals surface area contributed by atoms with Gasteiger partial charge in [0.1, 0.15) is 11.3 Å². The van der Waals surface area contributed by atoms with Crippen LogP contribution in [0.1, 0.15) is 23.7 Å². The van der Waals surface area contributed by atoms with Crippen LogP contribution >= 0.6 is 27.3 Å². The summed E-state index contributed by atoms with van der Waals surface area (Å²) in [6, 6.07) is 10.1. The van der Waals surface area contributed by atoms with Gasteiger partial charge in [-0.05, 0) is 50.1 Å². The molecule has 31 heavy (non-hydrogen) atoms. The fraction of sp³-hybridized carbons (Fsp3) is 0.167. The molecule has 2 aromatic heterocycles. The molecule has 1 amide bonds. The number of hydrogen-bond donors (Lipinski definition) is 1. The molecule has 4 rings (SSSR count). The van der Waals surface area contributed by atoms with E-state index in [1.54, 1.807) is 19.4 Å². The van der Waals surface area contributed by atoms with Crippen molar-refractivity contribution in [3.05, 3.63) is 69.3 Å². The fourth-order valence-corrected chi connectivity index (χ4v) is 4.51. The maximum absolute atomic E-state index is 12.5. The van der Waals surface area contributed by atoms with Gasteiger partial charge in [-0.1, -0.05) is 28.1 Å². The number of benzene rings is 2. The second-order valence-corrected chi connectivity index (χ2v) is 9.00. The highest BCUT2D eigenvalue weighted by Crippen LogP contribution is 2.40. The Bertz CT molecular complexity index is 1300. The molecular formula is C24H21BrN2O3S. The summed E-state index contributed by atoms with van der Waals surface area (Å²) in [6.45, 7) is 5.75. The fourth-order valence-electron chi connectivity index (χ4n) is 3.55. The van der Waals surface area contributed by atoms with Crippen LogP contribution in [-0.4, -0.2) is 18.0 Å². The summed E-state index contributed by atoms with van der Waals surface area (Å²) in [5.41, 5.74) is 6.22. The van der Waals surface area contributed by atoms with Gasteiger partial charge >= 0.3 is 0 Å². The Morgan fingerprint density at radius 2 is 2.00 bits per heavy atom. The minimum Gasteiger partial charge on any atom is -0.496 e. The van der Waals surface area contributed by atoms with Crippen molar-refractivity contribution >= 4 is 54.8 Å². The summed E-state index contributed by atoms with van der Waals surface area (Å²) in [5, 5.41) is 6.27. The van der Waals surface area contributed by atoms with Gasteiger partial charge in [0.25, 0.3) is 0 Å². The van der Waals surface area contributed by atoms with Crippen LogP contribution in [0.15, 0.2) is 56.9 Å². The summed E-state index contributed by atoms with van der Waals surface area (Å²) in [6.07, 6.45) is 3.33. The van der Waals surface area contributed by atoms with Crippen LogP contribution in [0.25, 0.3) is 27.7 Å². The van der Waals surface area contributed by atoms with Gasteiger partial charge in [0.05, 0.1) is 19.1 Å². The first-order valence-corrected chi connectivity index (χ1v) is 11.3. The number of allylic oxidation sites excluding steroid dienone is 1. The molecule has 7 heteroatoms. The third-order valence-corrected chi connectivity index (χ3v) is 6.43. The molecule has 0 aliphatic heterocycles. The van der Waals surface area contributed by atoms with Gasteiger partial charge in [0.2, 0.25) is 5.91 Å². The van der Waals surface area contributed by atoms with Crippen LogP contribution in [0, 0.1) is 13.8 Å². The topological polar surface area (TPSA) is 64.4 Å². The molecule has 0 saturated heterocycles. The number of anilines is 1. The maximum Gasteiger partial charge on any atom is 0.250 e. The molecule has 0 saturated carbocycles. The van der Waals surface area contributed by atoms with Crippen molar-refractivity contribution < 1.29 is 13.9 Å². The number of fused-ring (bicyclic) bond motifs is 1. The Morgan fingerprint density at radius 1 is 1.26 bits per heavy atom. The molecule has 0 unspecified atom stereocenters. The summed E-state index contributed by atoms with van der Waals surface area (Å²) in [7, 11) is 1.63. The van der Waals surface area contributed by atoms with Gasteiger partial charge < -0.3 is 9.15 Å². The van der Waals surface area contributed by atoms with Crippen LogP contribution < -0.4 is 10.1 Å². The minimum atomic E-state index is -0.230. The van der Waals surface area contributed by atoms with Gasteiger partial charge in [-0.3, -0.25) is 10.1 Å². The number of aryl methyl sites for hydroxylation is 2. The molecule has 2 aromatic carbocycles. The third-order valence-electron chi connectivity index (χ3n) is 5.02. The molecule has 0 fully saturated rings. The molecule has 0 aliphatic carbocycles. The zero-order valence-electron chi connectivity index (χ0n) is 17.6. The molecule has 1 N–H and O–H groups in total. The highest BCUT2D eigenvalue weighted by atomic mass is 79.9. The largest absolute Gasteiger partial charge is 0.496 e. The van der Waals surface area contributed by atoms with E-state index in [1.165, 1.54) is 11.3 Å². The van der Waals surface area contributed by atoms with Crippen LogP contribution in [0.3, 0.4) is 0 Å². The lowest BCUT2D eigenvalue weighted by Gasteiger charge is -2.13. The van der Waals surface area contributed by atoms with E-state index in [2.05, 4.69) is 26.2 Å². The van der Waals surface area contributed by atoms with Crippen molar-refractivity contribution in [1.29, 1.82) is 0 Å². The van der Waals surface area contributed by atoms with Crippen LogP contribution in [0.5, 0.6) is 5.75 Å². The number of rotatable bonds is 5. The van der Waals surface area contributed by atoms with E-state index < -0.39 is 0 Å². The van der Waals surface area contributed by atoms with Gasteiger partial charge in [-0.25, -0.2) is 4.98 Å². The average molecular weight is 497 g/mol. The first-order valence-electron chi connectivity index (χ1n) is 9.64. The quantitative estimate of drug-likeness (QED) is 0.302. The summed E-state index contributed by atoms with van der Waals surface area (Å²) in [4.78, 5) is 16.8. The number of furan rings is 1. The van der Waals surface area contributed by atoms with Gasteiger partial charge in [0.15, 0.2) is 5.13 Å². The Morgan fingerprint density at radius 3 is 2.65 bits per heavy atom. The molecule has 2 heterocycles.